The van der Waals surface area contributed by atoms with Crippen LogP contribution in [0.25, 0.3) is 0 Å². The third-order valence-corrected chi connectivity index (χ3v) is 5.11. The highest BCUT2D eigenvalue weighted by atomic mass is 32.2. The van der Waals surface area contributed by atoms with E-state index in [9.17, 15) is 0 Å². The molecule has 90 valence electrons. The number of hydrogen-bond donors (Lipinski definition) is 1. The van der Waals surface area contributed by atoms with Crippen LogP contribution in [-0.4, -0.2) is 23.6 Å². The topological polar surface area (TPSA) is 12.0 Å². The highest BCUT2D eigenvalue weighted by molar-refractivity contribution is 7.99. The third-order valence-electron chi connectivity index (χ3n) is 3.61. The molecule has 0 amide bonds. The molecule has 0 bridgehead atoms. The summed E-state index contributed by atoms with van der Waals surface area (Å²) in [6, 6.07) is 0.727. The van der Waals surface area contributed by atoms with Crippen molar-refractivity contribution in [1.29, 1.82) is 0 Å². The van der Waals surface area contributed by atoms with Crippen LogP contribution in [0.15, 0.2) is 0 Å². The van der Waals surface area contributed by atoms with E-state index in [1.165, 1.54) is 37.9 Å². The van der Waals surface area contributed by atoms with E-state index in [4.69, 9.17) is 0 Å². The lowest BCUT2D eigenvalue weighted by atomic mass is 10.0. The summed E-state index contributed by atoms with van der Waals surface area (Å²) in [5.41, 5.74) is 0. The van der Waals surface area contributed by atoms with Crippen LogP contribution in [0.5, 0.6) is 0 Å². The summed E-state index contributed by atoms with van der Waals surface area (Å²) in [6.45, 7) is 8.01. The average Bonchev–Trinajstić information content (AvgIpc) is 2.76. The Morgan fingerprint density at radius 1 is 1.27 bits per heavy atom. The van der Waals surface area contributed by atoms with Gasteiger partial charge >= 0.3 is 0 Å². The zero-order chi connectivity index (χ0) is 11.1. The molecule has 1 rings (SSSR count). The quantitative estimate of drug-likeness (QED) is 0.714. The van der Waals surface area contributed by atoms with Gasteiger partial charge in [-0.05, 0) is 25.3 Å². The van der Waals surface area contributed by atoms with Gasteiger partial charge in [0.2, 0.25) is 0 Å². The molecule has 0 aromatic heterocycles. The van der Waals surface area contributed by atoms with E-state index in [0.29, 0.717) is 0 Å². The second-order valence-electron chi connectivity index (χ2n) is 4.79. The monoisotopic (exact) mass is 229 g/mol. The molecule has 0 heterocycles. The van der Waals surface area contributed by atoms with Crippen LogP contribution in [0.2, 0.25) is 0 Å². The zero-order valence-corrected chi connectivity index (χ0v) is 11.4. The third kappa shape index (κ3) is 4.78. The molecule has 1 N–H and O–H groups in total. The Kier molecular flexibility index (Phi) is 6.74. The van der Waals surface area contributed by atoms with Crippen LogP contribution >= 0.6 is 11.8 Å². The molecule has 1 aliphatic carbocycles. The van der Waals surface area contributed by atoms with E-state index in [0.717, 1.165) is 23.8 Å². The minimum absolute atomic E-state index is 0.727. The van der Waals surface area contributed by atoms with Gasteiger partial charge in [0, 0.05) is 17.0 Å². The molecule has 2 heteroatoms. The molecule has 1 saturated carbocycles. The van der Waals surface area contributed by atoms with Crippen LogP contribution in [0, 0.1) is 5.92 Å². The molecule has 0 aromatic rings. The van der Waals surface area contributed by atoms with Gasteiger partial charge in [0.25, 0.3) is 0 Å². The number of hydrogen-bond acceptors (Lipinski definition) is 2. The van der Waals surface area contributed by atoms with Crippen molar-refractivity contribution < 1.29 is 0 Å². The van der Waals surface area contributed by atoms with Crippen molar-refractivity contribution in [3.63, 3.8) is 0 Å². The lowest BCUT2D eigenvalue weighted by molar-refractivity contribution is 0.403. The molecule has 1 aliphatic rings. The maximum atomic E-state index is 3.64. The Morgan fingerprint density at radius 3 is 2.47 bits per heavy atom. The first-order chi connectivity index (χ1) is 7.27. The minimum Gasteiger partial charge on any atom is -0.313 e. The summed E-state index contributed by atoms with van der Waals surface area (Å²) >= 11 is 2.21. The first-order valence-electron chi connectivity index (χ1n) is 6.62. The van der Waals surface area contributed by atoms with Crippen molar-refractivity contribution in [3.05, 3.63) is 0 Å². The molecule has 0 spiro atoms. The molecule has 1 nitrogen and oxygen atoms in total. The van der Waals surface area contributed by atoms with Crippen molar-refractivity contribution in [1.82, 2.24) is 5.32 Å². The highest BCUT2D eigenvalue weighted by Crippen LogP contribution is 2.30. The Bertz CT molecular complexity index is 155. The maximum absolute atomic E-state index is 3.64. The second-order valence-corrected chi connectivity index (χ2v) is 6.12. The Hall–Kier alpha value is 0.310. The van der Waals surface area contributed by atoms with Gasteiger partial charge in [-0.1, -0.05) is 40.0 Å². The summed E-state index contributed by atoms with van der Waals surface area (Å²) < 4.78 is 0. The summed E-state index contributed by atoms with van der Waals surface area (Å²) in [6.07, 6.45) is 7.15. The highest BCUT2D eigenvalue weighted by Gasteiger charge is 2.19. The standard InChI is InChI=1S/C13H27NS/c1-4-11(3)13(14-5-2)10-15-12-8-6-7-9-12/h11-14H,4-10H2,1-3H3. The zero-order valence-electron chi connectivity index (χ0n) is 10.6. The molecule has 0 radical (unpaired) electrons. The summed E-state index contributed by atoms with van der Waals surface area (Å²) in [5.74, 6) is 2.13. The van der Waals surface area contributed by atoms with Gasteiger partial charge in [0.15, 0.2) is 0 Å². The van der Waals surface area contributed by atoms with Crippen LogP contribution < -0.4 is 5.32 Å². The number of thioether (sulfide) groups is 1. The van der Waals surface area contributed by atoms with Gasteiger partial charge in [-0.25, -0.2) is 0 Å². The van der Waals surface area contributed by atoms with Crippen molar-refractivity contribution >= 4 is 11.8 Å². The Morgan fingerprint density at radius 2 is 1.93 bits per heavy atom. The van der Waals surface area contributed by atoms with Crippen LogP contribution in [0.1, 0.15) is 52.9 Å². The number of rotatable bonds is 7. The van der Waals surface area contributed by atoms with Crippen molar-refractivity contribution in [2.45, 2.75) is 64.2 Å². The van der Waals surface area contributed by atoms with E-state index in [1.807, 2.05) is 0 Å². The average molecular weight is 229 g/mol. The second kappa shape index (κ2) is 7.56. The van der Waals surface area contributed by atoms with Crippen LogP contribution in [-0.2, 0) is 0 Å². The smallest absolute Gasteiger partial charge is 0.0183 e. The van der Waals surface area contributed by atoms with Gasteiger partial charge < -0.3 is 5.32 Å². The van der Waals surface area contributed by atoms with E-state index >= 15 is 0 Å². The molecule has 0 saturated heterocycles. The lowest BCUT2D eigenvalue weighted by Gasteiger charge is -2.24. The summed E-state index contributed by atoms with van der Waals surface area (Å²) in [7, 11) is 0. The molecule has 15 heavy (non-hydrogen) atoms. The molecule has 1 fully saturated rings. The van der Waals surface area contributed by atoms with Crippen LogP contribution in [0.4, 0.5) is 0 Å². The summed E-state index contributed by atoms with van der Waals surface area (Å²) in [5, 5.41) is 4.60. The van der Waals surface area contributed by atoms with Gasteiger partial charge in [0.05, 0.1) is 0 Å². The van der Waals surface area contributed by atoms with E-state index in [-0.39, 0.29) is 0 Å². The molecule has 2 atom stereocenters. The SMILES string of the molecule is CCNC(CSC1CCCC1)C(C)CC. The maximum Gasteiger partial charge on any atom is 0.0183 e. The fourth-order valence-electron chi connectivity index (χ4n) is 2.27. The van der Waals surface area contributed by atoms with Gasteiger partial charge in [-0.15, -0.1) is 0 Å². The lowest BCUT2D eigenvalue weighted by Crippen LogP contribution is -2.37. The first kappa shape index (κ1) is 13.4. The fraction of sp³-hybridized carbons (Fsp3) is 1.00. The van der Waals surface area contributed by atoms with Crippen LogP contribution in [0.3, 0.4) is 0 Å². The predicted molar refractivity (Wildman–Crippen MR) is 71.6 cm³/mol. The largest absolute Gasteiger partial charge is 0.313 e. The molecular weight excluding hydrogens is 202 g/mol. The van der Waals surface area contributed by atoms with Crippen molar-refractivity contribution in [2.24, 2.45) is 5.92 Å². The van der Waals surface area contributed by atoms with E-state index in [2.05, 4.69) is 37.8 Å². The Labute approximate surface area is 99.8 Å². The molecule has 2 unspecified atom stereocenters. The normalized spacial score (nSPS) is 21.8. The van der Waals surface area contributed by atoms with E-state index < -0.39 is 0 Å². The van der Waals surface area contributed by atoms with E-state index in [1.54, 1.807) is 0 Å². The first-order valence-corrected chi connectivity index (χ1v) is 7.67. The van der Waals surface area contributed by atoms with Gasteiger partial charge in [0.1, 0.15) is 0 Å². The van der Waals surface area contributed by atoms with Gasteiger partial charge in [-0.3, -0.25) is 0 Å². The Balaban J connectivity index is 2.23. The fourth-order valence-corrected chi connectivity index (χ4v) is 3.86. The predicted octanol–water partition coefficient (Wildman–Crippen LogP) is 3.69. The molecule has 0 aromatic carbocycles. The van der Waals surface area contributed by atoms with Gasteiger partial charge in [-0.2, -0.15) is 11.8 Å². The summed E-state index contributed by atoms with van der Waals surface area (Å²) in [4.78, 5) is 0. The van der Waals surface area contributed by atoms with Crippen molar-refractivity contribution in [2.75, 3.05) is 12.3 Å². The van der Waals surface area contributed by atoms with Crippen molar-refractivity contribution in [3.8, 4) is 0 Å². The number of nitrogens with one attached hydrogen (secondary N) is 1. The molecular formula is C13H27NS. The molecule has 0 aliphatic heterocycles. The minimum atomic E-state index is 0.727.